The van der Waals surface area contributed by atoms with Crippen molar-refractivity contribution in [2.24, 2.45) is 0 Å². The predicted molar refractivity (Wildman–Crippen MR) is 95.9 cm³/mol. The van der Waals surface area contributed by atoms with Gasteiger partial charge in [0.1, 0.15) is 6.07 Å². The Morgan fingerprint density at radius 1 is 0.739 bits per heavy atom. The summed E-state index contributed by atoms with van der Waals surface area (Å²) < 4.78 is 1.05. The monoisotopic (exact) mass is 361 g/mol. The van der Waals surface area contributed by atoms with E-state index in [1.54, 1.807) is 12.4 Å². The van der Waals surface area contributed by atoms with Gasteiger partial charge in [0.25, 0.3) is 0 Å². The van der Waals surface area contributed by atoms with Crippen molar-refractivity contribution in [2.45, 2.75) is 0 Å². The van der Waals surface area contributed by atoms with E-state index >= 15 is 0 Å². The Labute approximate surface area is 142 Å². The van der Waals surface area contributed by atoms with Crippen molar-refractivity contribution in [3.63, 3.8) is 0 Å². The summed E-state index contributed by atoms with van der Waals surface area (Å²) in [5.74, 6) is 0. The lowest BCUT2D eigenvalue weighted by atomic mass is 10.1. The molecule has 0 aliphatic rings. The number of rotatable bonds is 0. The Bertz CT molecular complexity index is 995. The maximum absolute atomic E-state index is 8.75. The molecule has 0 aliphatic carbocycles. The molecule has 23 heavy (non-hydrogen) atoms. The molecule has 0 unspecified atom stereocenters. The van der Waals surface area contributed by atoms with Crippen molar-refractivity contribution in [3.05, 3.63) is 83.4 Å². The van der Waals surface area contributed by atoms with Gasteiger partial charge in [0.05, 0.1) is 5.56 Å². The highest BCUT2D eigenvalue weighted by Crippen LogP contribution is 2.21. The summed E-state index contributed by atoms with van der Waals surface area (Å²) in [7, 11) is 0. The van der Waals surface area contributed by atoms with Gasteiger partial charge in [-0.2, -0.15) is 5.26 Å². The zero-order valence-corrected chi connectivity index (χ0v) is 13.7. The summed E-state index contributed by atoms with van der Waals surface area (Å²) in [5, 5.41) is 13.1. The van der Waals surface area contributed by atoms with E-state index in [0.29, 0.717) is 5.56 Å². The summed E-state index contributed by atoms with van der Waals surface area (Å²) in [6.45, 7) is 0. The first kappa shape index (κ1) is 15.1. The minimum absolute atomic E-state index is 0.633. The Kier molecular flexibility index (Phi) is 4.60. The first-order chi connectivity index (χ1) is 11.3. The fourth-order valence-corrected chi connectivity index (χ4v) is 2.76. The standard InChI is InChI=1S/C10H6N2.C9H6BrN/c11-5-9-7-12-6-8-3-1-2-4-10(8)9;10-9-6-11-5-7-3-1-2-4-8(7)9/h1-4,6-7H;1-6H. The van der Waals surface area contributed by atoms with Gasteiger partial charge in [0.2, 0.25) is 0 Å². The molecular formula is C19H12BrN3. The van der Waals surface area contributed by atoms with Crippen LogP contribution in [0, 0.1) is 11.3 Å². The van der Waals surface area contributed by atoms with Crippen molar-refractivity contribution in [1.82, 2.24) is 9.97 Å². The van der Waals surface area contributed by atoms with E-state index in [9.17, 15) is 0 Å². The van der Waals surface area contributed by atoms with Gasteiger partial charge in [-0.15, -0.1) is 0 Å². The van der Waals surface area contributed by atoms with Crippen LogP contribution < -0.4 is 0 Å². The van der Waals surface area contributed by atoms with Gasteiger partial charge >= 0.3 is 0 Å². The third kappa shape index (κ3) is 3.36. The number of benzene rings is 2. The molecule has 4 heteroatoms. The molecule has 110 valence electrons. The lowest BCUT2D eigenvalue weighted by Gasteiger charge is -1.96. The van der Waals surface area contributed by atoms with Crippen LogP contribution in [-0.4, -0.2) is 9.97 Å². The SMILES string of the molecule is Brc1cncc2ccccc12.N#Cc1cncc2ccccc12. The van der Waals surface area contributed by atoms with Crippen molar-refractivity contribution >= 4 is 37.5 Å². The number of nitriles is 1. The molecule has 2 aromatic carbocycles. The van der Waals surface area contributed by atoms with Crippen LogP contribution in [0.5, 0.6) is 0 Å². The smallest absolute Gasteiger partial charge is 0.101 e. The Morgan fingerprint density at radius 2 is 1.30 bits per heavy atom. The lowest BCUT2D eigenvalue weighted by Crippen LogP contribution is -1.80. The van der Waals surface area contributed by atoms with Crippen molar-refractivity contribution in [2.75, 3.05) is 0 Å². The molecule has 0 spiro atoms. The van der Waals surface area contributed by atoms with E-state index < -0.39 is 0 Å². The largest absolute Gasteiger partial charge is 0.263 e. The molecule has 0 N–H and O–H groups in total. The van der Waals surface area contributed by atoms with Crippen LogP contribution in [0.25, 0.3) is 21.5 Å². The minimum Gasteiger partial charge on any atom is -0.263 e. The third-order valence-corrected chi connectivity index (χ3v) is 4.04. The average molecular weight is 362 g/mol. The fourth-order valence-electron chi connectivity index (χ4n) is 2.29. The van der Waals surface area contributed by atoms with Gasteiger partial charge in [0, 0.05) is 45.4 Å². The molecule has 2 heterocycles. The summed E-state index contributed by atoms with van der Waals surface area (Å²) in [4.78, 5) is 8.03. The summed E-state index contributed by atoms with van der Waals surface area (Å²) in [6.07, 6.45) is 7.01. The molecule has 0 atom stereocenters. The van der Waals surface area contributed by atoms with E-state index in [1.165, 1.54) is 10.8 Å². The average Bonchev–Trinajstić information content (AvgIpc) is 2.62. The minimum atomic E-state index is 0.633. The number of pyridine rings is 2. The number of nitrogens with zero attached hydrogens (tertiary/aromatic N) is 3. The van der Waals surface area contributed by atoms with Crippen molar-refractivity contribution in [1.29, 1.82) is 5.26 Å². The van der Waals surface area contributed by atoms with E-state index in [4.69, 9.17) is 5.26 Å². The van der Waals surface area contributed by atoms with Crippen LogP contribution in [0.1, 0.15) is 5.56 Å². The summed E-state index contributed by atoms with van der Waals surface area (Å²) >= 11 is 3.43. The number of hydrogen-bond acceptors (Lipinski definition) is 3. The van der Waals surface area contributed by atoms with E-state index in [1.807, 2.05) is 54.9 Å². The van der Waals surface area contributed by atoms with Crippen LogP contribution in [-0.2, 0) is 0 Å². The number of halogens is 1. The topological polar surface area (TPSA) is 49.6 Å². The molecule has 0 amide bonds. The van der Waals surface area contributed by atoms with Crippen LogP contribution in [0.15, 0.2) is 77.8 Å². The summed E-state index contributed by atoms with van der Waals surface area (Å²) in [6, 6.07) is 18.0. The molecule has 0 saturated heterocycles. The number of fused-ring (bicyclic) bond motifs is 2. The molecule has 2 aromatic heterocycles. The number of hydrogen-bond donors (Lipinski definition) is 0. The van der Waals surface area contributed by atoms with Crippen LogP contribution in [0.4, 0.5) is 0 Å². The first-order valence-electron chi connectivity index (χ1n) is 7.00. The van der Waals surface area contributed by atoms with Gasteiger partial charge in [-0.1, -0.05) is 48.5 Å². The highest BCUT2D eigenvalue weighted by molar-refractivity contribution is 9.10. The zero-order valence-electron chi connectivity index (χ0n) is 12.1. The molecule has 4 rings (SSSR count). The van der Waals surface area contributed by atoms with Crippen LogP contribution in [0.2, 0.25) is 0 Å². The van der Waals surface area contributed by atoms with Crippen molar-refractivity contribution in [3.8, 4) is 6.07 Å². The second kappa shape index (κ2) is 6.99. The van der Waals surface area contributed by atoms with Gasteiger partial charge in [-0.05, 0) is 21.3 Å². The van der Waals surface area contributed by atoms with E-state index in [2.05, 4.69) is 38.0 Å². The maximum Gasteiger partial charge on any atom is 0.101 e. The molecule has 0 aliphatic heterocycles. The van der Waals surface area contributed by atoms with Crippen LogP contribution in [0.3, 0.4) is 0 Å². The normalized spacial score (nSPS) is 9.91. The van der Waals surface area contributed by atoms with Gasteiger partial charge in [-0.3, -0.25) is 9.97 Å². The van der Waals surface area contributed by atoms with Crippen molar-refractivity contribution < 1.29 is 0 Å². The van der Waals surface area contributed by atoms with E-state index in [-0.39, 0.29) is 0 Å². The lowest BCUT2D eigenvalue weighted by molar-refractivity contribution is 1.34. The zero-order chi connectivity index (χ0) is 16.1. The Morgan fingerprint density at radius 3 is 1.96 bits per heavy atom. The molecule has 0 radical (unpaired) electrons. The second-order valence-electron chi connectivity index (χ2n) is 4.86. The highest BCUT2D eigenvalue weighted by atomic mass is 79.9. The summed E-state index contributed by atoms with van der Waals surface area (Å²) in [5.41, 5.74) is 0.633. The quantitative estimate of drug-likeness (QED) is 0.437. The third-order valence-electron chi connectivity index (χ3n) is 3.41. The first-order valence-corrected chi connectivity index (χ1v) is 7.80. The fraction of sp³-hybridized carbons (Fsp3) is 0. The Hall–Kier alpha value is -2.77. The molecular weight excluding hydrogens is 350 g/mol. The highest BCUT2D eigenvalue weighted by Gasteiger charge is 1.97. The number of aromatic nitrogens is 2. The van der Waals surface area contributed by atoms with E-state index in [0.717, 1.165) is 15.2 Å². The molecule has 4 aromatic rings. The molecule has 0 saturated carbocycles. The second-order valence-corrected chi connectivity index (χ2v) is 5.72. The van der Waals surface area contributed by atoms with Crippen LogP contribution >= 0.6 is 15.9 Å². The van der Waals surface area contributed by atoms with Gasteiger partial charge in [-0.25, -0.2) is 0 Å². The maximum atomic E-state index is 8.75. The van der Waals surface area contributed by atoms with Gasteiger partial charge in [0.15, 0.2) is 0 Å². The molecule has 3 nitrogen and oxygen atoms in total. The Balaban J connectivity index is 0.000000136. The molecule has 0 bridgehead atoms. The predicted octanol–water partition coefficient (Wildman–Crippen LogP) is 5.10. The molecule has 0 fully saturated rings. The van der Waals surface area contributed by atoms with Gasteiger partial charge < -0.3 is 0 Å².